The summed E-state index contributed by atoms with van der Waals surface area (Å²) in [5.74, 6) is -0.454. The fourth-order valence-corrected chi connectivity index (χ4v) is 2.33. The summed E-state index contributed by atoms with van der Waals surface area (Å²) in [6.45, 7) is 6.73. The van der Waals surface area contributed by atoms with Gasteiger partial charge in [-0.15, -0.1) is 0 Å². The van der Waals surface area contributed by atoms with Crippen molar-refractivity contribution in [3.8, 4) is 0 Å². The summed E-state index contributed by atoms with van der Waals surface area (Å²) >= 11 is 0. The highest BCUT2D eigenvalue weighted by atomic mass is 32.2. The van der Waals surface area contributed by atoms with E-state index in [2.05, 4.69) is 4.74 Å². The molecule has 0 saturated carbocycles. The molecular weight excluding hydrogens is 204 g/mol. The zero-order valence-corrected chi connectivity index (χ0v) is 9.93. The van der Waals surface area contributed by atoms with Crippen LogP contribution in [0, 0.1) is 0 Å². The van der Waals surface area contributed by atoms with Gasteiger partial charge in [-0.3, -0.25) is 4.79 Å². The molecule has 0 bridgehead atoms. The van der Waals surface area contributed by atoms with E-state index in [0.717, 1.165) is 0 Å². The lowest BCUT2D eigenvalue weighted by atomic mass is 10.3. The third-order valence-corrected chi connectivity index (χ3v) is 4.58. The van der Waals surface area contributed by atoms with Crippen LogP contribution >= 0.6 is 0 Å². The Morgan fingerprint density at radius 3 is 2.14 bits per heavy atom. The molecule has 0 aromatic heterocycles. The molecule has 0 N–H and O–H groups in total. The highest BCUT2D eigenvalue weighted by molar-refractivity contribution is 7.92. The van der Waals surface area contributed by atoms with Gasteiger partial charge in [0.2, 0.25) is 0 Å². The first-order valence-electron chi connectivity index (χ1n) is 4.70. The summed E-state index contributed by atoms with van der Waals surface area (Å²) < 4.78 is 27.8. The van der Waals surface area contributed by atoms with Gasteiger partial charge in [-0.05, 0) is 27.7 Å². The smallest absolute Gasteiger partial charge is 0.307 e. The molecule has 0 aliphatic carbocycles. The molecule has 0 fully saturated rings. The molecule has 0 aromatic carbocycles. The lowest BCUT2D eigenvalue weighted by Crippen LogP contribution is -2.28. The van der Waals surface area contributed by atoms with E-state index in [4.69, 9.17) is 0 Å². The Morgan fingerprint density at radius 1 is 1.29 bits per heavy atom. The van der Waals surface area contributed by atoms with Crippen LogP contribution < -0.4 is 0 Å². The van der Waals surface area contributed by atoms with Crippen molar-refractivity contribution in [2.75, 3.05) is 6.61 Å². The number of ether oxygens (including phenoxy) is 1. The van der Waals surface area contributed by atoms with Crippen LogP contribution in [0.15, 0.2) is 0 Å². The zero-order valence-electron chi connectivity index (χ0n) is 9.11. The van der Waals surface area contributed by atoms with Gasteiger partial charge < -0.3 is 4.74 Å². The van der Waals surface area contributed by atoms with Crippen molar-refractivity contribution in [1.29, 1.82) is 0 Å². The quantitative estimate of drug-likeness (QED) is 0.655. The molecule has 5 heteroatoms. The molecule has 0 amide bonds. The molecular formula is C9H18O4S. The summed E-state index contributed by atoms with van der Waals surface area (Å²) in [5.41, 5.74) is 0. The van der Waals surface area contributed by atoms with Crippen molar-refractivity contribution < 1.29 is 17.9 Å². The molecule has 0 spiro atoms. The number of hydrogen-bond acceptors (Lipinski definition) is 4. The fourth-order valence-electron chi connectivity index (χ4n) is 1.04. The molecule has 0 aliphatic rings. The molecule has 0 heterocycles. The van der Waals surface area contributed by atoms with E-state index in [9.17, 15) is 13.2 Å². The minimum absolute atomic E-state index is 0.0612. The van der Waals surface area contributed by atoms with Crippen molar-refractivity contribution in [3.63, 3.8) is 0 Å². The van der Waals surface area contributed by atoms with Crippen molar-refractivity contribution in [2.24, 2.45) is 0 Å². The highest BCUT2D eigenvalue weighted by Gasteiger charge is 2.26. The van der Waals surface area contributed by atoms with Crippen molar-refractivity contribution in [1.82, 2.24) is 0 Å². The van der Waals surface area contributed by atoms with Gasteiger partial charge >= 0.3 is 5.97 Å². The maximum atomic E-state index is 11.6. The average Bonchev–Trinajstić information content (AvgIpc) is 2.03. The van der Waals surface area contributed by atoms with Crippen LogP contribution in [-0.4, -0.2) is 31.5 Å². The molecule has 0 radical (unpaired) electrons. The van der Waals surface area contributed by atoms with Crippen LogP contribution in [0.3, 0.4) is 0 Å². The Kier molecular flexibility index (Phi) is 5.12. The Morgan fingerprint density at radius 2 is 1.79 bits per heavy atom. The number of rotatable bonds is 5. The lowest BCUT2D eigenvalue weighted by molar-refractivity contribution is -0.143. The first-order chi connectivity index (χ1) is 6.32. The molecule has 1 atom stereocenters. The van der Waals surface area contributed by atoms with Crippen LogP contribution in [0.25, 0.3) is 0 Å². The predicted molar refractivity (Wildman–Crippen MR) is 54.8 cm³/mol. The molecule has 0 aliphatic heterocycles. The van der Waals surface area contributed by atoms with Crippen LogP contribution in [-0.2, 0) is 19.4 Å². The van der Waals surface area contributed by atoms with Crippen molar-refractivity contribution in [2.45, 2.75) is 44.6 Å². The second kappa shape index (κ2) is 5.34. The van der Waals surface area contributed by atoms with Gasteiger partial charge in [-0.1, -0.05) is 0 Å². The molecule has 0 rings (SSSR count). The zero-order chi connectivity index (χ0) is 11.4. The minimum atomic E-state index is -3.19. The molecule has 1 unspecified atom stereocenters. The minimum Gasteiger partial charge on any atom is -0.466 e. The highest BCUT2D eigenvalue weighted by Crippen LogP contribution is 2.12. The number of esters is 1. The summed E-state index contributed by atoms with van der Waals surface area (Å²) in [6.07, 6.45) is -0.0612. The fraction of sp³-hybridized carbons (Fsp3) is 0.889. The molecule has 0 saturated heterocycles. The summed E-state index contributed by atoms with van der Waals surface area (Å²) in [4.78, 5) is 11.0. The van der Waals surface area contributed by atoms with Gasteiger partial charge in [-0.2, -0.15) is 0 Å². The largest absolute Gasteiger partial charge is 0.466 e. The summed E-state index contributed by atoms with van der Waals surface area (Å²) in [6, 6.07) is 0. The van der Waals surface area contributed by atoms with Crippen molar-refractivity contribution >= 4 is 15.8 Å². The maximum absolute atomic E-state index is 11.6. The van der Waals surface area contributed by atoms with E-state index in [0.29, 0.717) is 0 Å². The van der Waals surface area contributed by atoms with Crippen LogP contribution in [0.5, 0.6) is 0 Å². The van der Waals surface area contributed by atoms with Gasteiger partial charge in [0.15, 0.2) is 9.84 Å². The predicted octanol–water partition coefficient (Wildman–Crippen LogP) is 1.15. The topological polar surface area (TPSA) is 60.4 Å². The standard InChI is InChI=1S/C9H18O4S/c1-5-13-9(10)6-8(4)14(11,12)7(2)3/h7-8H,5-6H2,1-4H3. The van der Waals surface area contributed by atoms with Gasteiger partial charge in [0, 0.05) is 0 Å². The van der Waals surface area contributed by atoms with E-state index < -0.39 is 26.3 Å². The van der Waals surface area contributed by atoms with E-state index in [1.165, 1.54) is 6.92 Å². The van der Waals surface area contributed by atoms with E-state index in [-0.39, 0.29) is 13.0 Å². The number of sulfone groups is 1. The first kappa shape index (κ1) is 13.4. The average molecular weight is 222 g/mol. The Bertz CT molecular complexity index is 279. The van der Waals surface area contributed by atoms with E-state index in [1.54, 1.807) is 20.8 Å². The number of hydrogen-bond donors (Lipinski definition) is 0. The van der Waals surface area contributed by atoms with Gasteiger partial charge in [0.25, 0.3) is 0 Å². The maximum Gasteiger partial charge on any atom is 0.307 e. The third kappa shape index (κ3) is 3.65. The Labute approximate surface area is 85.6 Å². The SMILES string of the molecule is CCOC(=O)CC(C)S(=O)(=O)C(C)C. The van der Waals surface area contributed by atoms with Crippen LogP contribution in [0.1, 0.15) is 34.1 Å². The normalized spacial score (nSPS) is 14.1. The second-order valence-electron chi connectivity index (χ2n) is 3.46. The first-order valence-corrected chi connectivity index (χ1v) is 6.31. The van der Waals surface area contributed by atoms with Gasteiger partial charge in [-0.25, -0.2) is 8.42 Å². The van der Waals surface area contributed by atoms with Gasteiger partial charge in [0.05, 0.1) is 23.5 Å². The van der Waals surface area contributed by atoms with Gasteiger partial charge in [0.1, 0.15) is 0 Å². The summed E-state index contributed by atoms with van der Waals surface area (Å²) in [5, 5.41) is -1.12. The number of carbonyl (C=O) groups is 1. The Balaban J connectivity index is 4.35. The third-order valence-electron chi connectivity index (χ3n) is 1.98. The molecule has 84 valence electrons. The lowest BCUT2D eigenvalue weighted by Gasteiger charge is -2.14. The molecule has 0 aromatic rings. The van der Waals surface area contributed by atoms with Crippen LogP contribution in [0.2, 0.25) is 0 Å². The van der Waals surface area contributed by atoms with Crippen LogP contribution in [0.4, 0.5) is 0 Å². The molecule has 14 heavy (non-hydrogen) atoms. The van der Waals surface area contributed by atoms with E-state index >= 15 is 0 Å². The van der Waals surface area contributed by atoms with E-state index in [1.807, 2.05) is 0 Å². The van der Waals surface area contributed by atoms with Crippen molar-refractivity contribution in [3.05, 3.63) is 0 Å². The summed E-state index contributed by atoms with van der Waals surface area (Å²) in [7, 11) is -3.19. The monoisotopic (exact) mass is 222 g/mol. The molecule has 4 nitrogen and oxygen atoms in total. The Hall–Kier alpha value is -0.580. The number of carbonyl (C=O) groups excluding carboxylic acids is 1. The second-order valence-corrected chi connectivity index (χ2v) is 6.38.